The zero-order chi connectivity index (χ0) is 9.97. The van der Waals surface area contributed by atoms with E-state index in [-0.39, 0.29) is 0 Å². The van der Waals surface area contributed by atoms with E-state index in [1.807, 2.05) is 17.5 Å². The Morgan fingerprint density at radius 1 is 1.36 bits per heavy atom. The first-order valence-electron chi connectivity index (χ1n) is 4.05. The molecule has 0 fully saturated rings. The molecule has 0 saturated heterocycles. The molecular weight excluding hydrogens is 257 g/mol. The number of thiazole rings is 1. The molecule has 74 valence electrons. The predicted molar refractivity (Wildman–Crippen MR) is 64.9 cm³/mol. The lowest BCUT2D eigenvalue weighted by Crippen LogP contribution is -1.84. The number of hydrogen-bond donors (Lipinski definition) is 0. The molecule has 0 aliphatic carbocycles. The van der Waals surface area contributed by atoms with Crippen LogP contribution in [0.15, 0.2) is 17.5 Å². The van der Waals surface area contributed by atoms with Crippen molar-refractivity contribution in [3.05, 3.63) is 27.5 Å². The number of thiophene rings is 1. The van der Waals surface area contributed by atoms with E-state index in [0.29, 0.717) is 5.88 Å². The van der Waals surface area contributed by atoms with Crippen molar-refractivity contribution in [3.8, 4) is 9.88 Å². The molecule has 0 amide bonds. The maximum Gasteiger partial charge on any atom is 0.133 e. The van der Waals surface area contributed by atoms with Gasteiger partial charge in [-0.3, -0.25) is 0 Å². The van der Waals surface area contributed by atoms with Gasteiger partial charge in [0.2, 0.25) is 0 Å². The van der Waals surface area contributed by atoms with Crippen LogP contribution in [0.25, 0.3) is 9.88 Å². The Labute approximate surface area is 100 Å². The van der Waals surface area contributed by atoms with Crippen LogP contribution in [0, 0.1) is 0 Å². The van der Waals surface area contributed by atoms with Gasteiger partial charge < -0.3 is 0 Å². The van der Waals surface area contributed by atoms with Gasteiger partial charge in [0.05, 0.1) is 14.9 Å². The lowest BCUT2D eigenvalue weighted by Gasteiger charge is -1.88. The summed E-state index contributed by atoms with van der Waals surface area (Å²) in [6.07, 6.45) is 0.831. The third-order valence-corrected chi connectivity index (χ3v) is 4.17. The summed E-state index contributed by atoms with van der Waals surface area (Å²) in [6, 6.07) is 3.89. The summed E-state index contributed by atoms with van der Waals surface area (Å²) in [5.41, 5.74) is 1.06. The number of rotatable bonds is 3. The van der Waals surface area contributed by atoms with Crippen molar-refractivity contribution < 1.29 is 0 Å². The minimum absolute atomic E-state index is 0.619. The summed E-state index contributed by atoms with van der Waals surface area (Å²) >= 11 is 14.7. The van der Waals surface area contributed by atoms with Crippen molar-refractivity contribution in [1.82, 2.24) is 4.98 Å². The van der Waals surface area contributed by atoms with Crippen molar-refractivity contribution in [2.75, 3.05) is 5.88 Å². The molecule has 0 spiro atoms. The maximum absolute atomic E-state index is 5.85. The van der Waals surface area contributed by atoms with E-state index < -0.39 is 0 Å². The number of halogens is 2. The Hall–Kier alpha value is -0.0900. The third-order valence-electron chi connectivity index (χ3n) is 1.69. The van der Waals surface area contributed by atoms with E-state index in [1.165, 1.54) is 0 Å². The molecular formula is C9H7Cl2NS2. The Morgan fingerprint density at radius 2 is 2.21 bits per heavy atom. The van der Waals surface area contributed by atoms with Crippen LogP contribution in [-0.4, -0.2) is 10.9 Å². The van der Waals surface area contributed by atoms with Crippen molar-refractivity contribution >= 4 is 45.9 Å². The summed E-state index contributed by atoms with van der Waals surface area (Å²) in [4.78, 5) is 5.60. The van der Waals surface area contributed by atoms with Gasteiger partial charge in [0.15, 0.2) is 0 Å². The van der Waals surface area contributed by atoms with Crippen LogP contribution in [0.4, 0.5) is 0 Å². The van der Waals surface area contributed by atoms with Crippen molar-refractivity contribution in [3.63, 3.8) is 0 Å². The zero-order valence-electron chi connectivity index (χ0n) is 7.17. The van der Waals surface area contributed by atoms with Crippen LogP contribution in [0.2, 0.25) is 4.34 Å². The fourth-order valence-corrected chi connectivity index (χ4v) is 3.22. The van der Waals surface area contributed by atoms with E-state index in [2.05, 4.69) is 4.98 Å². The van der Waals surface area contributed by atoms with Crippen molar-refractivity contribution in [2.24, 2.45) is 0 Å². The Kier molecular flexibility index (Phi) is 3.44. The van der Waals surface area contributed by atoms with Crippen LogP contribution >= 0.6 is 45.9 Å². The normalized spacial score (nSPS) is 10.7. The van der Waals surface area contributed by atoms with Crippen LogP contribution in [0.5, 0.6) is 0 Å². The molecule has 0 atom stereocenters. The topological polar surface area (TPSA) is 12.9 Å². The zero-order valence-corrected chi connectivity index (χ0v) is 10.3. The average molecular weight is 264 g/mol. The summed E-state index contributed by atoms with van der Waals surface area (Å²) in [7, 11) is 0. The second-order valence-corrected chi connectivity index (χ2v) is 5.64. The second-order valence-electron chi connectivity index (χ2n) is 2.69. The summed E-state index contributed by atoms with van der Waals surface area (Å²) in [5, 5.41) is 3.08. The fourth-order valence-electron chi connectivity index (χ4n) is 1.06. The van der Waals surface area contributed by atoms with Crippen molar-refractivity contribution in [2.45, 2.75) is 6.42 Å². The Balaban J connectivity index is 2.24. The largest absolute Gasteiger partial charge is 0.240 e. The smallest absolute Gasteiger partial charge is 0.133 e. The maximum atomic E-state index is 5.85. The van der Waals surface area contributed by atoms with Crippen LogP contribution in [0.3, 0.4) is 0 Å². The van der Waals surface area contributed by atoms with Gasteiger partial charge in [0.1, 0.15) is 5.01 Å². The standard InChI is InChI=1S/C9H7Cl2NS2/c10-4-3-6-5-13-9(12-6)7-1-2-8(11)14-7/h1-2,5H,3-4H2. The molecule has 0 radical (unpaired) electrons. The minimum Gasteiger partial charge on any atom is -0.240 e. The summed E-state index contributed by atoms with van der Waals surface area (Å²) in [5.74, 6) is 0.619. The number of aromatic nitrogens is 1. The highest BCUT2D eigenvalue weighted by Gasteiger charge is 2.06. The molecule has 0 N–H and O–H groups in total. The third kappa shape index (κ3) is 2.28. The molecule has 0 aromatic carbocycles. The number of nitrogens with zero attached hydrogens (tertiary/aromatic N) is 1. The molecule has 0 saturated carbocycles. The second kappa shape index (κ2) is 4.62. The molecule has 2 aromatic rings. The van der Waals surface area contributed by atoms with E-state index in [0.717, 1.165) is 26.3 Å². The first kappa shape index (κ1) is 10.4. The van der Waals surface area contributed by atoms with Gasteiger partial charge in [0.25, 0.3) is 0 Å². The minimum atomic E-state index is 0.619. The van der Waals surface area contributed by atoms with Gasteiger partial charge in [-0.25, -0.2) is 4.98 Å². The molecule has 0 aliphatic rings. The molecule has 2 rings (SSSR count). The number of aryl methyl sites for hydroxylation is 1. The van der Waals surface area contributed by atoms with E-state index in [4.69, 9.17) is 23.2 Å². The molecule has 5 heteroatoms. The van der Waals surface area contributed by atoms with Crippen LogP contribution in [0.1, 0.15) is 5.69 Å². The summed E-state index contributed by atoms with van der Waals surface area (Å²) in [6.45, 7) is 0. The molecule has 0 bridgehead atoms. The molecule has 0 unspecified atom stereocenters. The van der Waals surface area contributed by atoms with Gasteiger partial charge in [0, 0.05) is 17.7 Å². The highest BCUT2D eigenvalue weighted by Crippen LogP contribution is 2.32. The first-order valence-corrected chi connectivity index (χ1v) is 6.66. The van der Waals surface area contributed by atoms with Gasteiger partial charge in [-0.15, -0.1) is 34.3 Å². The lowest BCUT2D eigenvalue weighted by atomic mass is 10.4. The summed E-state index contributed by atoms with van der Waals surface area (Å²) < 4.78 is 0.800. The average Bonchev–Trinajstić information content (AvgIpc) is 2.74. The Bertz CT molecular complexity index is 422. The first-order chi connectivity index (χ1) is 6.79. The molecule has 2 heterocycles. The van der Waals surface area contributed by atoms with E-state index >= 15 is 0 Å². The fraction of sp³-hybridized carbons (Fsp3) is 0.222. The predicted octanol–water partition coefficient (Wildman–Crippen LogP) is 4.31. The van der Waals surface area contributed by atoms with Gasteiger partial charge in [-0.1, -0.05) is 11.6 Å². The number of hydrogen-bond acceptors (Lipinski definition) is 3. The van der Waals surface area contributed by atoms with Gasteiger partial charge in [-0.2, -0.15) is 0 Å². The van der Waals surface area contributed by atoms with E-state index in [9.17, 15) is 0 Å². The SMILES string of the molecule is ClCCc1csc(-c2ccc(Cl)s2)n1. The van der Waals surface area contributed by atoms with Crippen LogP contribution in [-0.2, 0) is 6.42 Å². The highest BCUT2D eigenvalue weighted by atomic mass is 35.5. The van der Waals surface area contributed by atoms with Gasteiger partial charge in [-0.05, 0) is 12.1 Å². The molecule has 14 heavy (non-hydrogen) atoms. The molecule has 0 aliphatic heterocycles. The van der Waals surface area contributed by atoms with E-state index in [1.54, 1.807) is 22.7 Å². The Morgan fingerprint density at radius 3 is 2.86 bits per heavy atom. The van der Waals surface area contributed by atoms with Crippen molar-refractivity contribution in [1.29, 1.82) is 0 Å². The highest BCUT2D eigenvalue weighted by molar-refractivity contribution is 7.23. The lowest BCUT2D eigenvalue weighted by molar-refractivity contribution is 1.07. The molecule has 1 nitrogen and oxygen atoms in total. The molecule has 2 aromatic heterocycles. The quantitative estimate of drug-likeness (QED) is 0.753. The van der Waals surface area contributed by atoms with Gasteiger partial charge >= 0.3 is 0 Å². The monoisotopic (exact) mass is 263 g/mol. The van der Waals surface area contributed by atoms with Crippen LogP contribution < -0.4 is 0 Å². The number of alkyl halides is 1.